The van der Waals surface area contributed by atoms with Crippen LogP contribution in [0.1, 0.15) is 56.0 Å². The van der Waals surface area contributed by atoms with Gasteiger partial charge in [0.1, 0.15) is 0 Å². The van der Waals surface area contributed by atoms with Gasteiger partial charge in [-0.3, -0.25) is 4.99 Å². The molecule has 148 valence electrons. The second kappa shape index (κ2) is 9.78. The lowest BCUT2D eigenvalue weighted by atomic mass is 9.64. The first-order chi connectivity index (χ1) is 12.5. The Labute approximate surface area is 183 Å². The maximum absolute atomic E-state index is 6.03. The zero-order valence-corrected chi connectivity index (χ0v) is 19.2. The number of nitrogens with one attached hydrogen (secondary N) is 2. The molecular formula is C20H28ClIN4O. The fourth-order valence-electron chi connectivity index (χ4n) is 3.30. The number of halogens is 2. The van der Waals surface area contributed by atoms with Crippen LogP contribution in [-0.2, 0) is 12.0 Å². The van der Waals surface area contributed by atoms with Crippen molar-refractivity contribution in [3.63, 3.8) is 0 Å². The average Bonchev–Trinajstić information content (AvgIpc) is 3.07. The molecule has 3 rings (SSSR count). The molecule has 0 radical (unpaired) electrons. The van der Waals surface area contributed by atoms with E-state index in [4.69, 9.17) is 16.1 Å². The third-order valence-corrected chi connectivity index (χ3v) is 5.44. The predicted molar refractivity (Wildman–Crippen MR) is 121 cm³/mol. The van der Waals surface area contributed by atoms with Crippen molar-refractivity contribution in [3.8, 4) is 0 Å². The van der Waals surface area contributed by atoms with Gasteiger partial charge in [-0.05, 0) is 36.5 Å². The molecule has 27 heavy (non-hydrogen) atoms. The van der Waals surface area contributed by atoms with Crippen molar-refractivity contribution in [3.05, 3.63) is 52.4 Å². The molecule has 0 atom stereocenters. The SMILES string of the molecule is CN=C(NCc1cc(C(C)C)no1)NCC1(c2ccc(Cl)cc2)CCC1.I. The number of aromatic nitrogens is 1. The highest BCUT2D eigenvalue weighted by molar-refractivity contribution is 14.0. The molecule has 0 bridgehead atoms. The molecule has 0 amide bonds. The van der Waals surface area contributed by atoms with Gasteiger partial charge in [0.25, 0.3) is 0 Å². The van der Waals surface area contributed by atoms with Crippen LogP contribution in [0.15, 0.2) is 39.8 Å². The van der Waals surface area contributed by atoms with Crippen LogP contribution in [0.25, 0.3) is 0 Å². The van der Waals surface area contributed by atoms with Gasteiger partial charge in [-0.1, -0.05) is 49.2 Å². The molecule has 1 aliphatic carbocycles. The summed E-state index contributed by atoms with van der Waals surface area (Å²) in [6.07, 6.45) is 3.61. The molecule has 1 aromatic carbocycles. The molecule has 0 saturated heterocycles. The number of nitrogens with zero attached hydrogens (tertiary/aromatic N) is 2. The Hall–Kier alpha value is -1.28. The molecular weight excluding hydrogens is 475 g/mol. The summed E-state index contributed by atoms with van der Waals surface area (Å²) < 4.78 is 5.37. The number of aliphatic imine (C=N–C) groups is 1. The van der Waals surface area contributed by atoms with Crippen LogP contribution in [0.5, 0.6) is 0 Å². The summed E-state index contributed by atoms with van der Waals surface area (Å²) in [6.45, 7) is 5.62. The fraction of sp³-hybridized carbons (Fsp3) is 0.500. The number of hydrogen-bond acceptors (Lipinski definition) is 3. The quantitative estimate of drug-likeness (QED) is 0.337. The zero-order chi connectivity index (χ0) is 18.6. The van der Waals surface area contributed by atoms with Crippen molar-refractivity contribution in [2.75, 3.05) is 13.6 Å². The van der Waals surface area contributed by atoms with Crippen molar-refractivity contribution in [1.82, 2.24) is 15.8 Å². The molecule has 2 N–H and O–H groups in total. The number of rotatable bonds is 6. The van der Waals surface area contributed by atoms with Crippen LogP contribution in [0.2, 0.25) is 5.02 Å². The van der Waals surface area contributed by atoms with Crippen molar-refractivity contribution in [1.29, 1.82) is 0 Å². The van der Waals surface area contributed by atoms with Crippen LogP contribution in [0.4, 0.5) is 0 Å². The van der Waals surface area contributed by atoms with E-state index in [9.17, 15) is 0 Å². The third-order valence-electron chi connectivity index (χ3n) is 5.18. The Morgan fingerprint density at radius 3 is 2.48 bits per heavy atom. The summed E-state index contributed by atoms with van der Waals surface area (Å²) >= 11 is 6.03. The fourth-order valence-corrected chi connectivity index (χ4v) is 3.43. The predicted octanol–water partition coefficient (Wildman–Crippen LogP) is 4.86. The van der Waals surface area contributed by atoms with Crippen LogP contribution in [0, 0.1) is 0 Å². The third kappa shape index (κ3) is 5.38. The minimum Gasteiger partial charge on any atom is -0.359 e. The molecule has 2 aromatic rings. The van der Waals surface area contributed by atoms with Gasteiger partial charge in [0, 0.05) is 30.1 Å². The van der Waals surface area contributed by atoms with E-state index >= 15 is 0 Å². The second-order valence-corrected chi connectivity index (χ2v) is 7.73. The number of benzene rings is 1. The molecule has 1 heterocycles. The summed E-state index contributed by atoms with van der Waals surface area (Å²) in [7, 11) is 1.78. The maximum Gasteiger partial charge on any atom is 0.191 e. The molecule has 7 heteroatoms. The Balaban J connectivity index is 0.00000261. The smallest absolute Gasteiger partial charge is 0.191 e. The standard InChI is InChI=1S/C20H27ClN4O.HI/c1-14(2)18-11-17(26-25-18)12-23-19(22-3)24-13-20(9-4-10-20)15-5-7-16(21)8-6-15;/h5-8,11,14H,4,9-10,12-13H2,1-3H3,(H2,22,23,24);1H. The minimum absolute atomic E-state index is 0. The van der Waals surface area contributed by atoms with Crippen molar-refractivity contribution in [2.24, 2.45) is 4.99 Å². The number of guanidine groups is 1. The molecule has 1 fully saturated rings. The van der Waals surface area contributed by atoms with E-state index in [1.807, 2.05) is 18.2 Å². The van der Waals surface area contributed by atoms with Crippen LogP contribution in [-0.4, -0.2) is 24.7 Å². The Kier molecular flexibility index (Phi) is 7.97. The van der Waals surface area contributed by atoms with Gasteiger partial charge in [0.15, 0.2) is 11.7 Å². The van der Waals surface area contributed by atoms with E-state index in [0.717, 1.165) is 29.0 Å². The highest BCUT2D eigenvalue weighted by Gasteiger charge is 2.38. The molecule has 0 aliphatic heterocycles. The van der Waals surface area contributed by atoms with Gasteiger partial charge in [0.05, 0.1) is 12.2 Å². The van der Waals surface area contributed by atoms with E-state index in [-0.39, 0.29) is 29.4 Å². The Bertz CT molecular complexity index is 754. The first-order valence-corrected chi connectivity index (χ1v) is 9.56. The van der Waals surface area contributed by atoms with Crippen molar-refractivity contribution >= 4 is 41.5 Å². The molecule has 1 saturated carbocycles. The lowest BCUT2D eigenvalue weighted by molar-refractivity contribution is 0.243. The summed E-state index contributed by atoms with van der Waals surface area (Å²) in [5.74, 6) is 1.95. The van der Waals surface area contributed by atoms with Gasteiger partial charge < -0.3 is 15.2 Å². The van der Waals surface area contributed by atoms with Gasteiger partial charge in [-0.2, -0.15) is 0 Å². The summed E-state index contributed by atoms with van der Waals surface area (Å²) in [5.41, 5.74) is 2.48. The molecule has 0 spiro atoms. The van der Waals surface area contributed by atoms with Crippen molar-refractivity contribution in [2.45, 2.75) is 51.0 Å². The van der Waals surface area contributed by atoms with E-state index in [1.165, 1.54) is 24.8 Å². The van der Waals surface area contributed by atoms with Crippen LogP contribution >= 0.6 is 35.6 Å². The summed E-state index contributed by atoms with van der Waals surface area (Å²) in [4.78, 5) is 4.33. The lowest BCUT2D eigenvalue weighted by Crippen LogP contribution is -2.48. The normalized spacial score (nSPS) is 15.8. The molecule has 0 unspecified atom stereocenters. The largest absolute Gasteiger partial charge is 0.359 e. The highest BCUT2D eigenvalue weighted by atomic mass is 127. The van der Waals surface area contributed by atoms with Crippen molar-refractivity contribution < 1.29 is 4.52 Å². The second-order valence-electron chi connectivity index (χ2n) is 7.29. The lowest BCUT2D eigenvalue weighted by Gasteiger charge is -2.43. The van der Waals surface area contributed by atoms with E-state index in [1.54, 1.807) is 7.05 Å². The summed E-state index contributed by atoms with van der Waals surface area (Å²) in [5, 5.41) is 11.6. The average molecular weight is 503 g/mol. The van der Waals surface area contributed by atoms with Crippen LogP contribution < -0.4 is 10.6 Å². The Morgan fingerprint density at radius 2 is 1.96 bits per heavy atom. The molecule has 1 aliphatic rings. The molecule has 5 nitrogen and oxygen atoms in total. The van der Waals surface area contributed by atoms with Gasteiger partial charge >= 0.3 is 0 Å². The summed E-state index contributed by atoms with van der Waals surface area (Å²) in [6, 6.07) is 10.2. The zero-order valence-electron chi connectivity index (χ0n) is 16.1. The van der Waals surface area contributed by atoms with E-state index in [0.29, 0.717) is 12.5 Å². The monoisotopic (exact) mass is 502 g/mol. The first kappa shape index (κ1) is 22.0. The van der Waals surface area contributed by atoms with Gasteiger partial charge in [0.2, 0.25) is 0 Å². The minimum atomic E-state index is 0. The Morgan fingerprint density at radius 1 is 1.26 bits per heavy atom. The first-order valence-electron chi connectivity index (χ1n) is 9.18. The maximum atomic E-state index is 6.03. The van der Waals surface area contributed by atoms with E-state index < -0.39 is 0 Å². The topological polar surface area (TPSA) is 62.5 Å². The number of hydrogen-bond donors (Lipinski definition) is 2. The van der Waals surface area contributed by atoms with Gasteiger partial charge in [-0.15, -0.1) is 24.0 Å². The van der Waals surface area contributed by atoms with Gasteiger partial charge in [-0.25, -0.2) is 0 Å². The highest BCUT2D eigenvalue weighted by Crippen LogP contribution is 2.43. The van der Waals surface area contributed by atoms with E-state index in [2.05, 4.69) is 46.8 Å². The van der Waals surface area contributed by atoms with Crippen LogP contribution in [0.3, 0.4) is 0 Å². The molecule has 1 aromatic heterocycles.